The van der Waals surface area contributed by atoms with E-state index in [1.807, 2.05) is 0 Å². The lowest BCUT2D eigenvalue weighted by molar-refractivity contribution is -0.140. The molecule has 0 amide bonds. The molecule has 0 bridgehead atoms. The molecule has 0 aliphatic heterocycles. The van der Waals surface area contributed by atoms with Crippen molar-refractivity contribution in [2.24, 2.45) is 7.05 Å². The van der Waals surface area contributed by atoms with Gasteiger partial charge in [-0.15, -0.1) is 0 Å². The number of ether oxygens (including phenoxy) is 3. The zero-order valence-electron chi connectivity index (χ0n) is 21.5. The normalized spacial score (nSPS) is 14.3. The van der Waals surface area contributed by atoms with Crippen LogP contribution in [0.5, 0.6) is 17.5 Å². The summed E-state index contributed by atoms with van der Waals surface area (Å²) in [5.41, 5.74) is 0.434. The standard InChI is InChI=1S/C26H23F5N6O3/c1-37-11-17(26(29,30)31)35-23(37)15-8-6-14(7-9-15)20(21(27)28)40-24-16(38-2)10-32-22(36-24)18-19(13-4-5-13)33-12-34-25(18)39-3/h6-13,20-21H,4-5H2,1-3H3. The van der Waals surface area contributed by atoms with E-state index in [0.717, 1.165) is 19.0 Å². The quantitative estimate of drug-likeness (QED) is 0.242. The van der Waals surface area contributed by atoms with Gasteiger partial charge in [-0.25, -0.2) is 28.7 Å². The lowest BCUT2D eigenvalue weighted by Gasteiger charge is -2.20. The van der Waals surface area contributed by atoms with E-state index in [1.54, 1.807) is 0 Å². The van der Waals surface area contributed by atoms with Gasteiger partial charge in [0.25, 0.3) is 12.3 Å². The molecule has 1 atom stereocenters. The van der Waals surface area contributed by atoms with Crippen molar-refractivity contribution in [1.29, 1.82) is 0 Å². The number of halogens is 5. The third kappa shape index (κ3) is 5.38. The Labute approximate surface area is 225 Å². The number of benzene rings is 1. The van der Waals surface area contributed by atoms with Crippen LogP contribution in [0.1, 0.15) is 41.8 Å². The van der Waals surface area contributed by atoms with E-state index in [4.69, 9.17) is 14.2 Å². The Hall–Kier alpha value is -4.36. The number of imidazole rings is 1. The van der Waals surface area contributed by atoms with Gasteiger partial charge in [0.05, 0.1) is 26.1 Å². The molecule has 0 N–H and O–H groups in total. The van der Waals surface area contributed by atoms with Crippen LogP contribution in [0, 0.1) is 0 Å². The molecule has 1 aromatic carbocycles. The third-order valence-corrected chi connectivity index (χ3v) is 6.30. The van der Waals surface area contributed by atoms with Gasteiger partial charge in [0.1, 0.15) is 17.7 Å². The summed E-state index contributed by atoms with van der Waals surface area (Å²) in [7, 11) is 4.17. The molecule has 1 saturated carbocycles. The molecule has 1 unspecified atom stereocenters. The molecule has 3 heterocycles. The smallest absolute Gasteiger partial charge is 0.434 e. The summed E-state index contributed by atoms with van der Waals surface area (Å²) in [6, 6.07) is 5.46. The predicted octanol–water partition coefficient (Wildman–Crippen LogP) is 5.63. The van der Waals surface area contributed by atoms with Crippen LogP contribution in [-0.2, 0) is 13.2 Å². The van der Waals surface area contributed by atoms with E-state index in [0.29, 0.717) is 16.8 Å². The van der Waals surface area contributed by atoms with Crippen LogP contribution >= 0.6 is 0 Å². The molecule has 3 aromatic heterocycles. The first-order valence-corrected chi connectivity index (χ1v) is 12.1. The Balaban J connectivity index is 1.47. The Morgan fingerprint density at radius 3 is 2.25 bits per heavy atom. The van der Waals surface area contributed by atoms with Crippen LogP contribution in [0.4, 0.5) is 22.0 Å². The number of aromatic nitrogens is 6. The average molecular weight is 562 g/mol. The van der Waals surface area contributed by atoms with Crippen molar-refractivity contribution < 1.29 is 36.2 Å². The second kappa shape index (κ2) is 10.7. The predicted molar refractivity (Wildman–Crippen MR) is 131 cm³/mol. The van der Waals surface area contributed by atoms with E-state index in [2.05, 4.69) is 24.9 Å². The Kier molecular flexibility index (Phi) is 7.25. The number of alkyl halides is 5. The molecule has 14 heteroatoms. The lowest BCUT2D eigenvalue weighted by atomic mass is 10.1. The highest BCUT2D eigenvalue weighted by atomic mass is 19.4. The molecule has 0 radical (unpaired) electrons. The fourth-order valence-corrected chi connectivity index (χ4v) is 4.19. The number of aryl methyl sites for hydroxylation is 1. The van der Waals surface area contributed by atoms with Gasteiger partial charge in [0, 0.05) is 24.7 Å². The second-order valence-corrected chi connectivity index (χ2v) is 9.04. The lowest BCUT2D eigenvalue weighted by Crippen LogP contribution is -2.18. The van der Waals surface area contributed by atoms with Crippen LogP contribution in [0.15, 0.2) is 43.0 Å². The van der Waals surface area contributed by atoms with Crippen LogP contribution in [-0.4, -0.2) is 50.1 Å². The van der Waals surface area contributed by atoms with Gasteiger partial charge < -0.3 is 18.8 Å². The minimum absolute atomic E-state index is 0.0162. The molecular formula is C26H23F5N6O3. The summed E-state index contributed by atoms with van der Waals surface area (Å²) in [6.07, 6.45) is -4.01. The second-order valence-electron chi connectivity index (χ2n) is 9.04. The Bertz CT molecular complexity index is 1510. The Morgan fingerprint density at radius 2 is 1.68 bits per heavy atom. The van der Waals surface area contributed by atoms with E-state index < -0.39 is 24.4 Å². The maximum atomic E-state index is 14.3. The molecule has 0 spiro atoms. The van der Waals surface area contributed by atoms with Gasteiger partial charge >= 0.3 is 6.18 Å². The van der Waals surface area contributed by atoms with Crippen LogP contribution in [0.3, 0.4) is 0 Å². The minimum Gasteiger partial charge on any atom is -0.490 e. The summed E-state index contributed by atoms with van der Waals surface area (Å²) in [5, 5.41) is 0. The third-order valence-electron chi connectivity index (χ3n) is 6.30. The minimum atomic E-state index is -4.62. The number of hydrogen-bond acceptors (Lipinski definition) is 8. The zero-order chi connectivity index (χ0) is 28.6. The number of nitrogens with zero attached hydrogens (tertiary/aromatic N) is 6. The molecule has 1 aliphatic carbocycles. The van der Waals surface area contributed by atoms with Gasteiger partial charge in [-0.05, 0) is 18.4 Å². The first-order valence-electron chi connectivity index (χ1n) is 12.1. The topological polar surface area (TPSA) is 97.1 Å². The molecule has 40 heavy (non-hydrogen) atoms. The monoisotopic (exact) mass is 562 g/mol. The van der Waals surface area contributed by atoms with Crippen molar-refractivity contribution in [3.63, 3.8) is 0 Å². The first kappa shape index (κ1) is 27.2. The highest BCUT2D eigenvalue weighted by molar-refractivity contribution is 5.66. The molecule has 9 nitrogen and oxygen atoms in total. The van der Waals surface area contributed by atoms with Gasteiger partial charge in [-0.1, -0.05) is 24.3 Å². The SMILES string of the molecule is COc1cnc(-c2c(OC)ncnc2C2CC2)nc1OC(c1ccc(-c2nc(C(F)(F)F)cn2C)cc1)C(F)F. The molecule has 1 aliphatic rings. The van der Waals surface area contributed by atoms with Gasteiger partial charge in [0.2, 0.25) is 5.88 Å². The van der Waals surface area contributed by atoms with E-state index >= 15 is 0 Å². The van der Waals surface area contributed by atoms with Crippen molar-refractivity contribution in [2.75, 3.05) is 14.2 Å². The number of methoxy groups -OCH3 is 2. The molecule has 4 aromatic rings. The summed E-state index contributed by atoms with van der Waals surface area (Å²) in [4.78, 5) is 20.8. The largest absolute Gasteiger partial charge is 0.490 e. The molecule has 0 saturated heterocycles. The average Bonchev–Trinajstić information content (AvgIpc) is 3.71. The van der Waals surface area contributed by atoms with Gasteiger partial charge in [-0.2, -0.15) is 18.2 Å². The highest BCUT2D eigenvalue weighted by Crippen LogP contribution is 2.45. The number of hydrogen-bond donors (Lipinski definition) is 0. The summed E-state index contributed by atoms with van der Waals surface area (Å²) < 4.78 is 85.2. The van der Waals surface area contributed by atoms with Gasteiger partial charge in [-0.3, -0.25) is 0 Å². The zero-order valence-corrected chi connectivity index (χ0v) is 21.5. The Morgan fingerprint density at radius 1 is 0.950 bits per heavy atom. The van der Waals surface area contributed by atoms with Crippen molar-refractivity contribution in [3.8, 4) is 40.3 Å². The fraction of sp³-hybridized carbons (Fsp3) is 0.346. The van der Waals surface area contributed by atoms with Crippen molar-refractivity contribution in [1.82, 2.24) is 29.5 Å². The van der Waals surface area contributed by atoms with Crippen molar-refractivity contribution in [2.45, 2.75) is 37.5 Å². The summed E-state index contributed by atoms with van der Waals surface area (Å²) >= 11 is 0. The van der Waals surface area contributed by atoms with Gasteiger partial charge in [0.15, 0.2) is 23.4 Å². The summed E-state index contributed by atoms with van der Waals surface area (Å²) in [6.45, 7) is 0. The van der Waals surface area contributed by atoms with Crippen LogP contribution in [0.2, 0.25) is 0 Å². The molecule has 5 rings (SSSR count). The van der Waals surface area contributed by atoms with E-state index in [-0.39, 0.29) is 40.6 Å². The maximum absolute atomic E-state index is 14.3. The molecule has 1 fully saturated rings. The van der Waals surface area contributed by atoms with Crippen molar-refractivity contribution in [3.05, 3.63) is 59.9 Å². The van der Waals surface area contributed by atoms with Crippen LogP contribution < -0.4 is 14.2 Å². The van der Waals surface area contributed by atoms with Crippen molar-refractivity contribution >= 4 is 0 Å². The maximum Gasteiger partial charge on any atom is 0.434 e. The van der Waals surface area contributed by atoms with E-state index in [9.17, 15) is 22.0 Å². The van der Waals surface area contributed by atoms with Crippen LogP contribution in [0.25, 0.3) is 22.8 Å². The van der Waals surface area contributed by atoms with E-state index in [1.165, 1.54) is 62.6 Å². The highest BCUT2D eigenvalue weighted by Gasteiger charge is 2.35. The molecular weight excluding hydrogens is 539 g/mol. The fourth-order valence-electron chi connectivity index (χ4n) is 4.19. The first-order chi connectivity index (χ1) is 19.1. The number of rotatable bonds is 9. The summed E-state index contributed by atoms with van der Waals surface area (Å²) in [5.74, 6) is 0.336. The molecule has 210 valence electrons.